The van der Waals surface area contributed by atoms with Crippen molar-refractivity contribution >= 4 is 39.1 Å². The lowest BCUT2D eigenvalue weighted by molar-refractivity contribution is -0.140. The first-order valence-electron chi connectivity index (χ1n) is 11.8. The molecule has 1 aliphatic rings. The molecule has 0 aliphatic carbocycles. The minimum Gasteiger partial charge on any atom is -0.454 e. The van der Waals surface area contributed by atoms with E-state index in [-0.39, 0.29) is 36.7 Å². The number of fused-ring (bicyclic) bond motifs is 1. The van der Waals surface area contributed by atoms with Gasteiger partial charge in [-0.3, -0.25) is 13.9 Å². The third kappa shape index (κ3) is 6.61. The number of hydrogen-bond acceptors (Lipinski definition) is 6. The number of ether oxygens (including phenoxy) is 2. The van der Waals surface area contributed by atoms with Crippen LogP contribution in [0, 0.1) is 0 Å². The predicted molar refractivity (Wildman–Crippen MR) is 139 cm³/mol. The van der Waals surface area contributed by atoms with E-state index in [1.54, 1.807) is 36.4 Å². The Hall–Kier alpha value is -2.98. The maximum absolute atomic E-state index is 13.7. The van der Waals surface area contributed by atoms with E-state index in [2.05, 4.69) is 5.32 Å². The Morgan fingerprint density at radius 2 is 1.72 bits per heavy atom. The molecule has 0 bridgehead atoms. The Bertz CT molecular complexity index is 1190. The van der Waals surface area contributed by atoms with Gasteiger partial charge in [-0.2, -0.15) is 0 Å². The topological polar surface area (TPSA) is 105 Å². The van der Waals surface area contributed by atoms with Crippen LogP contribution in [0.2, 0.25) is 5.02 Å². The van der Waals surface area contributed by atoms with E-state index in [9.17, 15) is 18.0 Å². The number of carbonyl (C=O) groups is 2. The fraction of sp³-hybridized carbons (Fsp3) is 0.440. The normalized spacial score (nSPS) is 13.4. The van der Waals surface area contributed by atoms with Crippen molar-refractivity contribution in [3.63, 3.8) is 0 Å². The summed E-state index contributed by atoms with van der Waals surface area (Å²) in [5.74, 6) is -0.123. The van der Waals surface area contributed by atoms with Gasteiger partial charge in [0.2, 0.25) is 28.6 Å². The summed E-state index contributed by atoms with van der Waals surface area (Å²) in [6, 6.07) is 10.8. The van der Waals surface area contributed by atoms with Crippen molar-refractivity contribution in [3.05, 3.63) is 53.1 Å². The molecule has 196 valence electrons. The molecule has 0 fully saturated rings. The predicted octanol–water partition coefficient (Wildman–Crippen LogP) is 3.56. The minimum absolute atomic E-state index is 0.0380. The molecule has 0 radical (unpaired) electrons. The number of sulfonamides is 1. The number of halogens is 1. The summed E-state index contributed by atoms with van der Waals surface area (Å²) in [6.07, 6.45) is 0.350. The van der Waals surface area contributed by atoms with Gasteiger partial charge in [-0.15, -0.1) is 0 Å². The van der Waals surface area contributed by atoms with Crippen LogP contribution in [0.5, 0.6) is 11.5 Å². The molecule has 1 N–H and O–H groups in total. The van der Waals surface area contributed by atoms with Gasteiger partial charge in [0.15, 0.2) is 11.5 Å². The Labute approximate surface area is 217 Å². The Morgan fingerprint density at radius 3 is 2.33 bits per heavy atom. The molecule has 1 heterocycles. The first-order valence-corrected chi connectivity index (χ1v) is 13.8. The van der Waals surface area contributed by atoms with Gasteiger partial charge in [0.25, 0.3) is 0 Å². The van der Waals surface area contributed by atoms with Gasteiger partial charge >= 0.3 is 0 Å². The van der Waals surface area contributed by atoms with Gasteiger partial charge in [-0.25, -0.2) is 8.42 Å². The third-order valence-electron chi connectivity index (χ3n) is 5.71. The van der Waals surface area contributed by atoms with Gasteiger partial charge in [0, 0.05) is 23.7 Å². The average Bonchev–Trinajstić information content (AvgIpc) is 3.31. The molecular weight excluding hydrogens is 506 g/mol. The first-order chi connectivity index (χ1) is 17.1. The zero-order valence-electron chi connectivity index (χ0n) is 20.9. The molecule has 1 atom stereocenters. The fourth-order valence-electron chi connectivity index (χ4n) is 3.85. The zero-order chi connectivity index (χ0) is 26.5. The molecule has 1 aliphatic heterocycles. The van der Waals surface area contributed by atoms with E-state index < -0.39 is 28.5 Å². The third-order valence-corrected chi connectivity index (χ3v) is 7.70. The van der Waals surface area contributed by atoms with Gasteiger partial charge in [0.1, 0.15) is 12.6 Å². The van der Waals surface area contributed by atoms with Crippen molar-refractivity contribution in [2.45, 2.75) is 52.7 Å². The molecule has 0 saturated carbocycles. The lowest BCUT2D eigenvalue weighted by Gasteiger charge is -2.33. The van der Waals surface area contributed by atoms with Crippen LogP contribution < -0.4 is 19.1 Å². The molecule has 3 rings (SSSR count). The van der Waals surface area contributed by atoms with E-state index in [4.69, 9.17) is 21.1 Å². The maximum atomic E-state index is 13.7. The van der Waals surface area contributed by atoms with Gasteiger partial charge in [0.05, 0.1) is 11.4 Å². The summed E-state index contributed by atoms with van der Waals surface area (Å²) < 4.78 is 37.9. The van der Waals surface area contributed by atoms with E-state index >= 15 is 0 Å². The zero-order valence-corrected chi connectivity index (χ0v) is 22.4. The van der Waals surface area contributed by atoms with Crippen molar-refractivity contribution in [1.29, 1.82) is 0 Å². The Kier molecular flexibility index (Phi) is 9.08. The molecule has 11 heteroatoms. The molecule has 2 aromatic carbocycles. The summed E-state index contributed by atoms with van der Waals surface area (Å²) in [6.45, 7) is 6.67. The van der Waals surface area contributed by atoms with Gasteiger partial charge < -0.3 is 19.7 Å². The van der Waals surface area contributed by atoms with E-state index in [0.29, 0.717) is 22.9 Å². The number of hydrogen-bond donors (Lipinski definition) is 1. The second-order valence-corrected chi connectivity index (χ2v) is 11.3. The number of rotatable bonds is 11. The number of nitrogens with zero attached hydrogens (tertiary/aromatic N) is 2. The molecule has 2 aromatic rings. The summed E-state index contributed by atoms with van der Waals surface area (Å²) in [4.78, 5) is 28.2. The maximum Gasteiger partial charge on any atom is 0.244 e. The Balaban J connectivity index is 1.97. The summed E-state index contributed by atoms with van der Waals surface area (Å²) in [5.41, 5.74) is 1.04. The second kappa shape index (κ2) is 11.8. The highest BCUT2D eigenvalue weighted by atomic mass is 35.5. The van der Waals surface area contributed by atoms with Crippen LogP contribution in [-0.2, 0) is 26.2 Å². The van der Waals surface area contributed by atoms with Crippen LogP contribution in [-0.4, -0.2) is 56.3 Å². The van der Waals surface area contributed by atoms with E-state index in [0.717, 1.165) is 9.87 Å². The first kappa shape index (κ1) is 27.6. The van der Waals surface area contributed by atoms with Gasteiger partial charge in [-0.05, 0) is 57.0 Å². The number of anilines is 1. The van der Waals surface area contributed by atoms with Crippen molar-refractivity contribution in [2.24, 2.45) is 0 Å². The van der Waals surface area contributed by atoms with Crippen LogP contribution in [0.3, 0.4) is 0 Å². The van der Waals surface area contributed by atoms with E-state index in [1.165, 1.54) is 17.9 Å². The highest BCUT2D eigenvalue weighted by Crippen LogP contribution is 2.36. The molecule has 0 unspecified atom stereocenters. The molecule has 2 amide bonds. The van der Waals surface area contributed by atoms with Crippen LogP contribution in [0.1, 0.15) is 39.7 Å². The number of amides is 2. The Morgan fingerprint density at radius 1 is 1.06 bits per heavy atom. The standard InChI is InChI=1S/C25H32ClN3O6S/c1-5-21(25(31)27-17(3)4)28(14-18-7-9-19(26)10-8-18)24(30)15-29(36(32,33)6-2)20-11-12-22-23(13-20)35-16-34-22/h7-13,17,21H,5-6,14-16H2,1-4H3,(H,27,31)/t21-/m0/s1. The highest BCUT2D eigenvalue weighted by Gasteiger charge is 2.33. The largest absolute Gasteiger partial charge is 0.454 e. The number of benzene rings is 2. The summed E-state index contributed by atoms with van der Waals surface area (Å²) in [5, 5.41) is 3.41. The summed E-state index contributed by atoms with van der Waals surface area (Å²) in [7, 11) is -3.84. The molecular formula is C25H32ClN3O6S. The molecule has 9 nitrogen and oxygen atoms in total. The van der Waals surface area contributed by atoms with Crippen molar-refractivity contribution < 1.29 is 27.5 Å². The fourth-order valence-corrected chi connectivity index (χ4v) is 5.03. The quantitative estimate of drug-likeness (QED) is 0.470. The molecule has 0 saturated heterocycles. The lowest BCUT2D eigenvalue weighted by atomic mass is 10.1. The number of nitrogens with one attached hydrogen (secondary N) is 1. The van der Waals surface area contributed by atoms with Crippen molar-refractivity contribution in [3.8, 4) is 11.5 Å². The van der Waals surface area contributed by atoms with Crippen molar-refractivity contribution in [2.75, 3.05) is 23.4 Å². The highest BCUT2D eigenvalue weighted by molar-refractivity contribution is 7.92. The summed E-state index contributed by atoms with van der Waals surface area (Å²) >= 11 is 6.01. The van der Waals surface area contributed by atoms with Crippen LogP contribution in [0.15, 0.2) is 42.5 Å². The molecule has 0 aromatic heterocycles. The molecule has 36 heavy (non-hydrogen) atoms. The lowest BCUT2D eigenvalue weighted by Crippen LogP contribution is -2.53. The minimum atomic E-state index is -3.84. The number of carbonyl (C=O) groups excluding carboxylic acids is 2. The van der Waals surface area contributed by atoms with Crippen LogP contribution in [0.4, 0.5) is 5.69 Å². The van der Waals surface area contributed by atoms with Crippen LogP contribution >= 0.6 is 11.6 Å². The van der Waals surface area contributed by atoms with Crippen molar-refractivity contribution in [1.82, 2.24) is 10.2 Å². The monoisotopic (exact) mass is 537 g/mol. The molecule has 0 spiro atoms. The van der Waals surface area contributed by atoms with Crippen LogP contribution in [0.25, 0.3) is 0 Å². The smallest absolute Gasteiger partial charge is 0.244 e. The average molecular weight is 538 g/mol. The van der Waals surface area contributed by atoms with Gasteiger partial charge in [-0.1, -0.05) is 30.7 Å². The SMILES string of the molecule is CC[C@@H](C(=O)NC(C)C)N(Cc1ccc(Cl)cc1)C(=O)CN(c1ccc2c(c1)OCO2)S(=O)(=O)CC. The van der Waals surface area contributed by atoms with E-state index in [1.807, 2.05) is 20.8 Å². The second-order valence-electron chi connectivity index (χ2n) is 8.68.